The van der Waals surface area contributed by atoms with Gasteiger partial charge in [-0.3, -0.25) is 20.6 Å². The molecule has 27 heavy (non-hydrogen) atoms. The van der Waals surface area contributed by atoms with Gasteiger partial charge in [0.15, 0.2) is 16.8 Å². The highest BCUT2D eigenvalue weighted by Crippen LogP contribution is 2.30. The molecule has 0 aliphatic rings. The second kappa shape index (κ2) is 7.22. The molecule has 0 saturated heterocycles. The maximum atomic E-state index is 12.1. The molecule has 4 rings (SSSR count). The second-order valence-electron chi connectivity index (χ2n) is 5.41. The van der Waals surface area contributed by atoms with E-state index in [9.17, 15) is 4.79 Å². The number of aromatic nitrogens is 4. The Morgan fingerprint density at radius 1 is 1.04 bits per heavy atom. The van der Waals surface area contributed by atoms with Crippen molar-refractivity contribution in [1.29, 1.82) is 0 Å². The van der Waals surface area contributed by atoms with E-state index in [2.05, 4.69) is 36.1 Å². The van der Waals surface area contributed by atoms with E-state index in [0.29, 0.717) is 16.5 Å². The first-order valence-corrected chi connectivity index (χ1v) is 8.72. The molecular weight excluding hydrogens is 364 g/mol. The van der Waals surface area contributed by atoms with Crippen LogP contribution in [0.1, 0.15) is 10.4 Å². The Bertz CT molecular complexity index is 1070. The molecule has 0 aliphatic carbocycles. The number of para-hydroxylation sites is 1. The van der Waals surface area contributed by atoms with Crippen molar-refractivity contribution in [3.63, 3.8) is 0 Å². The lowest BCUT2D eigenvalue weighted by molar-refractivity contribution is 0.0962. The number of benzene rings is 1. The van der Waals surface area contributed by atoms with Crippen LogP contribution in [0.5, 0.6) is 0 Å². The Labute approximate surface area is 157 Å². The van der Waals surface area contributed by atoms with Gasteiger partial charge >= 0.3 is 0 Å². The average Bonchev–Trinajstić information content (AvgIpc) is 3.11. The van der Waals surface area contributed by atoms with Crippen LogP contribution in [0.15, 0.2) is 55.1 Å². The first-order valence-electron chi connectivity index (χ1n) is 7.90. The van der Waals surface area contributed by atoms with Crippen molar-refractivity contribution in [2.24, 2.45) is 0 Å². The van der Waals surface area contributed by atoms with E-state index < -0.39 is 0 Å². The number of thiazole rings is 1. The van der Waals surface area contributed by atoms with E-state index in [0.717, 1.165) is 10.2 Å². The minimum atomic E-state index is -0.337. The van der Waals surface area contributed by atoms with E-state index in [1.165, 1.54) is 30.1 Å². The summed E-state index contributed by atoms with van der Waals surface area (Å²) in [6, 6.07) is 11.0. The molecule has 0 radical (unpaired) electrons. The predicted octanol–water partition coefficient (Wildman–Crippen LogP) is 2.56. The zero-order chi connectivity index (χ0) is 18.6. The molecule has 3 heterocycles. The van der Waals surface area contributed by atoms with Gasteiger partial charge in [0.25, 0.3) is 5.91 Å². The van der Waals surface area contributed by atoms with Gasteiger partial charge in [0.1, 0.15) is 12.0 Å². The maximum absolute atomic E-state index is 12.1. The van der Waals surface area contributed by atoms with E-state index in [-0.39, 0.29) is 17.4 Å². The fourth-order valence-electron chi connectivity index (χ4n) is 2.31. The van der Waals surface area contributed by atoms with Gasteiger partial charge in [0, 0.05) is 18.0 Å². The summed E-state index contributed by atoms with van der Waals surface area (Å²) in [6.07, 6.45) is 4.41. The number of amides is 1. The van der Waals surface area contributed by atoms with E-state index in [4.69, 9.17) is 5.73 Å². The zero-order valence-electron chi connectivity index (χ0n) is 13.9. The number of nitrogens with one attached hydrogen (secondary N) is 3. The van der Waals surface area contributed by atoms with Crippen molar-refractivity contribution in [2.75, 3.05) is 16.5 Å². The summed E-state index contributed by atoms with van der Waals surface area (Å²) >= 11 is 1.49. The third-order valence-corrected chi connectivity index (χ3v) is 4.59. The van der Waals surface area contributed by atoms with Gasteiger partial charge in [-0.1, -0.05) is 23.5 Å². The van der Waals surface area contributed by atoms with Crippen LogP contribution in [-0.2, 0) is 0 Å². The summed E-state index contributed by atoms with van der Waals surface area (Å²) in [7, 11) is 0. The normalized spacial score (nSPS) is 10.5. The molecule has 0 spiro atoms. The van der Waals surface area contributed by atoms with Gasteiger partial charge in [0.2, 0.25) is 0 Å². The van der Waals surface area contributed by atoms with Crippen molar-refractivity contribution in [1.82, 2.24) is 25.4 Å². The largest absolute Gasteiger partial charge is 0.393 e. The van der Waals surface area contributed by atoms with Crippen molar-refractivity contribution in [3.8, 4) is 0 Å². The Kier molecular flexibility index (Phi) is 4.45. The van der Waals surface area contributed by atoms with Crippen molar-refractivity contribution < 1.29 is 4.79 Å². The number of rotatable bonds is 5. The minimum Gasteiger partial charge on any atom is -0.393 e. The fourth-order valence-corrected chi connectivity index (χ4v) is 3.18. The van der Waals surface area contributed by atoms with Crippen LogP contribution in [0.25, 0.3) is 10.2 Å². The summed E-state index contributed by atoms with van der Waals surface area (Å²) in [5.74, 6) is 0.330. The van der Waals surface area contributed by atoms with E-state index >= 15 is 0 Å². The van der Waals surface area contributed by atoms with Gasteiger partial charge in [-0.2, -0.15) is 0 Å². The van der Waals surface area contributed by atoms with Crippen LogP contribution in [0.4, 0.5) is 22.5 Å². The highest BCUT2D eigenvalue weighted by atomic mass is 32.1. The van der Waals surface area contributed by atoms with Crippen LogP contribution < -0.4 is 21.9 Å². The third kappa shape index (κ3) is 3.60. The van der Waals surface area contributed by atoms with Crippen LogP contribution in [0.2, 0.25) is 0 Å². The Morgan fingerprint density at radius 2 is 1.81 bits per heavy atom. The number of hydrogen-bond acceptors (Lipinski definition) is 9. The molecule has 0 aliphatic heterocycles. The molecule has 134 valence electrons. The number of hydrogen-bond donors (Lipinski definition) is 4. The smallest absolute Gasteiger partial charge is 0.269 e. The number of carbonyl (C=O) groups excluding carboxylic acids is 1. The lowest BCUT2D eigenvalue weighted by Gasteiger charge is -2.12. The van der Waals surface area contributed by atoms with Gasteiger partial charge < -0.3 is 11.1 Å². The first-order chi connectivity index (χ1) is 13.2. The van der Waals surface area contributed by atoms with E-state index in [1.54, 1.807) is 12.1 Å². The number of fused-ring (bicyclic) bond motifs is 1. The standard InChI is InChI=1S/C17H14N8OS/c18-13-14(23-17-22-11-3-1-2-4-12(11)27-17)20-9-21-15(13)24-25-16(26)10-5-7-19-8-6-10/h1-9H,18H2,(H,25,26)(H2,20,21,22,23,24). The second-order valence-corrected chi connectivity index (χ2v) is 6.44. The SMILES string of the molecule is Nc1c(NNC(=O)c2ccncc2)ncnc1Nc1nc2ccccc2s1. The molecule has 0 atom stereocenters. The maximum Gasteiger partial charge on any atom is 0.269 e. The number of nitrogens with two attached hydrogens (primary N) is 1. The van der Waals surface area contributed by atoms with Crippen LogP contribution in [0.3, 0.4) is 0 Å². The Hall–Kier alpha value is -3.79. The number of hydrazine groups is 1. The molecule has 1 amide bonds. The molecule has 0 bridgehead atoms. The molecule has 4 aromatic rings. The molecule has 0 fully saturated rings. The van der Waals surface area contributed by atoms with E-state index in [1.807, 2.05) is 24.3 Å². The topological polar surface area (TPSA) is 131 Å². The molecule has 9 nitrogen and oxygen atoms in total. The first kappa shape index (κ1) is 16.7. The molecule has 1 aromatic carbocycles. The Balaban J connectivity index is 1.50. The van der Waals surface area contributed by atoms with Gasteiger partial charge in [-0.05, 0) is 24.3 Å². The average molecular weight is 378 g/mol. The minimum absolute atomic E-state index is 0.256. The summed E-state index contributed by atoms with van der Waals surface area (Å²) in [5, 5.41) is 3.75. The summed E-state index contributed by atoms with van der Waals surface area (Å²) < 4.78 is 1.05. The van der Waals surface area contributed by atoms with Gasteiger partial charge in [0.05, 0.1) is 10.2 Å². The van der Waals surface area contributed by atoms with Crippen molar-refractivity contribution in [2.45, 2.75) is 0 Å². The van der Waals surface area contributed by atoms with Crippen molar-refractivity contribution >= 4 is 49.9 Å². The summed E-state index contributed by atoms with van der Waals surface area (Å²) in [6.45, 7) is 0. The summed E-state index contributed by atoms with van der Waals surface area (Å²) in [4.78, 5) is 28.7. The highest BCUT2D eigenvalue weighted by Gasteiger charge is 2.12. The molecule has 10 heteroatoms. The molecule has 5 N–H and O–H groups in total. The molecule has 0 unspecified atom stereocenters. The number of anilines is 4. The Morgan fingerprint density at radius 3 is 2.63 bits per heavy atom. The molecular formula is C17H14N8OS. The zero-order valence-corrected chi connectivity index (χ0v) is 14.7. The van der Waals surface area contributed by atoms with Gasteiger partial charge in [-0.15, -0.1) is 0 Å². The number of carbonyl (C=O) groups is 1. The van der Waals surface area contributed by atoms with Crippen LogP contribution in [0, 0.1) is 0 Å². The quantitative estimate of drug-likeness (QED) is 0.390. The van der Waals surface area contributed by atoms with Crippen LogP contribution >= 0.6 is 11.3 Å². The highest BCUT2D eigenvalue weighted by molar-refractivity contribution is 7.22. The van der Waals surface area contributed by atoms with Crippen LogP contribution in [-0.4, -0.2) is 25.8 Å². The predicted molar refractivity (Wildman–Crippen MR) is 105 cm³/mol. The summed E-state index contributed by atoms with van der Waals surface area (Å²) in [5.41, 5.74) is 13.0. The van der Waals surface area contributed by atoms with Gasteiger partial charge in [-0.25, -0.2) is 15.0 Å². The number of pyridine rings is 1. The van der Waals surface area contributed by atoms with Crippen molar-refractivity contribution in [3.05, 3.63) is 60.7 Å². The number of nitrogen functional groups attached to an aromatic ring is 1. The lowest BCUT2D eigenvalue weighted by Crippen LogP contribution is -2.30. The monoisotopic (exact) mass is 378 g/mol. The number of nitrogens with zero attached hydrogens (tertiary/aromatic N) is 4. The molecule has 0 saturated carbocycles. The fraction of sp³-hybridized carbons (Fsp3) is 0. The molecule has 3 aromatic heterocycles. The lowest BCUT2D eigenvalue weighted by atomic mass is 10.3. The third-order valence-electron chi connectivity index (χ3n) is 3.64.